The molecule has 0 aliphatic carbocycles. The van der Waals surface area contributed by atoms with Crippen molar-refractivity contribution < 1.29 is 20.0 Å². The summed E-state index contributed by atoms with van der Waals surface area (Å²) in [6.45, 7) is 2.19. The van der Waals surface area contributed by atoms with Gasteiger partial charge in [0, 0.05) is 6.42 Å². The fourth-order valence-electron chi connectivity index (χ4n) is 2.02. The molecule has 4 nitrogen and oxygen atoms in total. The molecule has 0 bridgehead atoms. The molecule has 2 N–H and O–H groups in total. The summed E-state index contributed by atoms with van der Waals surface area (Å²) in [4.78, 5) is 14.8. The van der Waals surface area contributed by atoms with E-state index in [1.54, 1.807) is 0 Å². The van der Waals surface area contributed by atoms with Gasteiger partial charge in [0.2, 0.25) is 0 Å². The number of hydrogen-bond acceptors (Lipinski definition) is 3. The van der Waals surface area contributed by atoms with Crippen LogP contribution in [0.4, 0.5) is 0 Å². The Bertz CT molecular complexity index is 408. The van der Waals surface area contributed by atoms with Gasteiger partial charge in [0.05, 0.1) is 0 Å². The molecular formula is C20H32O4. The summed E-state index contributed by atoms with van der Waals surface area (Å²) in [6, 6.07) is 0. The quantitative estimate of drug-likeness (QED) is 0.133. The highest BCUT2D eigenvalue weighted by atomic mass is 17.1. The summed E-state index contributed by atoms with van der Waals surface area (Å²) >= 11 is 0. The van der Waals surface area contributed by atoms with Crippen LogP contribution < -0.4 is 0 Å². The fraction of sp³-hybridized carbons (Fsp3) is 0.550. The van der Waals surface area contributed by atoms with Crippen molar-refractivity contribution in [1.82, 2.24) is 0 Å². The van der Waals surface area contributed by atoms with Crippen molar-refractivity contribution in [3.8, 4) is 0 Å². The van der Waals surface area contributed by atoms with Crippen LogP contribution in [0.1, 0.15) is 64.7 Å². The molecule has 0 aromatic heterocycles. The Morgan fingerprint density at radius 2 is 1.75 bits per heavy atom. The van der Waals surface area contributed by atoms with Gasteiger partial charge < -0.3 is 5.11 Å². The van der Waals surface area contributed by atoms with E-state index in [1.807, 2.05) is 42.5 Å². The van der Waals surface area contributed by atoms with Gasteiger partial charge in [-0.25, -0.2) is 4.89 Å². The standard InChI is InChI=1S/C20H32O4/c1-2-3-4-5-7-10-13-16-19(24-23)17-14-11-8-6-9-12-15-18-20(21)22/h6-7,9-11,13-14,16,19,23H,2-5,8,12,15,17-18H2,1H3,(H,21,22). The third-order valence-electron chi connectivity index (χ3n) is 3.42. The summed E-state index contributed by atoms with van der Waals surface area (Å²) in [5.74, 6) is -0.748. The van der Waals surface area contributed by atoms with Crippen LogP contribution in [-0.4, -0.2) is 22.4 Å². The van der Waals surface area contributed by atoms with Gasteiger partial charge in [-0.3, -0.25) is 10.1 Å². The fourth-order valence-corrected chi connectivity index (χ4v) is 2.02. The zero-order valence-electron chi connectivity index (χ0n) is 14.8. The van der Waals surface area contributed by atoms with Gasteiger partial charge in [-0.15, -0.1) is 0 Å². The molecule has 0 rings (SSSR count). The molecule has 0 amide bonds. The van der Waals surface area contributed by atoms with E-state index in [1.165, 1.54) is 19.3 Å². The van der Waals surface area contributed by atoms with Crippen molar-refractivity contribution in [1.29, 1.82) is 0 Å². The molecule has 0 saturated heterocycles. The second kappa shape index (κ2) is 17.7. The average Bonchev–Trinajstić information content (AvgIpc) is 2.57. The maximum absolute atomic E-state index is 10.3. The van der Waals surface area contributed by atoms with Crippen LogP contribution in [0, 0.1) is 0 Å². The first kappa shape index (κ1) is 22.4. The lowest BCUT2D eigenvalue weighted by Crippen LogP contribution is -2.04. The molecule has 136 valence electrons. The van der Waals surface area contributed by atoms with Crippen molar-refractivity contribution in [3.63, 3.8) is 0 Å². The summed E-state index contributed by atoms with van der Waals surface area (Å²) in [7, 11) is 0. The van der Waals surface area contributed by atoms with E-state index in [-0.39, 0.29) is 12.5 Å². The lowest BCUT2D eigenvalue weighted by molar-refractivity contribution is -0.264. The number of carboxylic acid groups (broad SMARTS) is 1. The average molecular weight is 336 g/mol. The predicted octanol–water partition coefficient (Wildman–Crippen LogP) is 5.68. The first-order valence-electron chi connectivity index (χ1n) is 8.86. The summed E-state index contributed by atoms with van der Waals surface area (Å²) in [6.07, 6.45) is 23.4. The number of hydrogen-bond donors (Lipinski definition) is 2. The van der Waals surface area contributed by atoms with E-state index >= 15 is 0 Å². The maximum Gasteiger partial charge on any atom is 0.303 e. The summed E-state index contributed by atoms with van der Waals surface area (Å²) < 4.78 is 0. The first-order valence-corrected chi connectivity index (χ1v) is 8.86. The molecule has 0 heterocycles. The van der Waals surface area contributed by atoms with Crippen LogP contribution in [0.2, 0.25) is 0 Å². The molecule has 0 aromatic carbocycles. The van der Waals surface area contributed by atoms with Gasteiger partial charge in [0.15, 0.2) is 0 Å². The normalized spacial score (nSPS) is 13.8. The number of carbonyl (C=O) groups is 1. The number of aliphatic carboxylic acids is 1. The minimum absolute atomic E-state index is 0.217. The predicted molar refractivity (Wildman–Crippen MR) is 98.9 cm³/mol. The SMILES string of the molecule is CCCCCC=CC=CC(CC=CCC=CCCCC(=O)O)OO. The lowest BCUT2D eigenvalue weighted by Gasteiger charge is -2.03. The third-order valence-corrected chi connectivity index (χ3v) is 3.42. The van der Waals surface area contributed by atoms with Gasteiger partial charge in [0.1, 0.15) is 6.10 Å². The molecule has 4 heteroatoms. The highest BCUT2D eigenvalue weighted by Crippen LogP contribution is 2.04. The number of rotatable bonds is 15. The summed E-state index contributed by atoms with van der Waals surface area (Å²) in [5.41, 5.74) is 0. The van der Waals surface area contributed by atoms with E-state index in [9.17, 15) is 4.79 Å². The van der Waals surface area contributed by atoms with Crippen molar-refractivity contribution in [3.05, 3.63) is 48.6 Å². The molecule has 0 fully saturated rings. The summed E-state index contributed by atoms with van der Waals surface area (Å²) in [5, 5.41) is 17.4. The second-order valence-electron chi connectivity index (χ2n) is 5.65. The van der Waals surface area contributed by atoms with E-state index in [0.717, 1.165) is 19.3 Å². The van der Waals surface area contributed by atoms with Gasteiger partial charge >= 0.3 is 5.97 Å². The number of allylic oxidation sites excluding steroid dienone is 6. The van der Waals surface area contributed by atoms with E-state index in [0.29, 0.717) is 12.8 Å². The minimum Gasteiger partial charge on any atom is -0.481 e. The van der Waals surface area contributed by atoms with E-state index in [2.05, 4.69) is 17.9 Å². The van der Waals surface area contributed by atoms with Gasteiger partial charge in [0.25, 0.3) is 0 Å². The molecule has 1 unspecified atom stereocenters. The molecule has 0 radical (unpaired) electrons. The zero-order chi connectivity index (χ0) is 17.9. The Morgan fingerprint density at radius 3 is 2.46 bits per heavy atom. The van der Waals surface area contributed by atoms with Crippen LogP contribution in [0.15, 0.2) is 48.6 Å². The second-order valence-corrected chi connectivity index (χ2v) is 5.65. The van der Waals surface area contributed by atoms with Gasteiger partial charge in [-0.1, -0.05) is 68.4 Å². The number of carboxylic acids is 1. The van der Waals surface area contributed by atoms with Crippen LogP contribution in [-0.2, 0) is 9.68 Å². The number of unbranched alkanes of at least 4 members (excludes halogenated alkanes) is 4. The topological polar surface area (TPSA) is 66.8 Å². The minimum atomic E-state index is -0.748. The monoisotopic (exact) mass is 336 g/mol. The molecule has 0 aliphatic rings. The molecule has 0 spiro atoms. The molecule has 0 saturated carbocycles. The molecule has 24 heavy (non-hydrogen) atoms. The van der Waals surface area contributed by atoms with Crippen molar-refractivity contribution in [2.75, 3.05) is 0 Å². The van der Waals surface area contributed by atoms with Gasteiger partial charge in [-0.2, -0.15) is 0 Å². The van der Waals surface area contributed by atoms with Crippen molar-refractivity contribution in [2.24, 2.45) is 0 Å². The molecular weight excluding hydrogens is 304 g/mol. The highest BCUT2D eigenvalue weighted by molar-refractivity contribution is 5.66. The van der Waals surface area contributed by atoms with Crippen LogP contribution in [0.5, 0.6) is 0 Å². The van der Waals surface area contributed by atoms with Crippen LogP contribution in [0.25, 0.3) is 0 Å². The lowest BCUT2D eigenvalue weighted by atomic mass is 10.2. The third kappa shape index (κ3) is 16.7. The first-order chi connectivity index (χ1) is 11.7. The Morgan fingerprint density at radius 1 is 1.00 bits per heavy atom. The van der Waals surface area contributed by atoms with Crippen molar-refractivity contribution in [2.45, 2.75) is 70.8 Å². The molecule has 0 aromatic rings. The largest absolute Gasteiger partial charge is 0.481 e. The van der Waals surface area contributed by atoms with Crippen molar-refractivity contribution >= 4 is 5.97 Å². The van der Waals surface area contributed by atoms with Crippen LogP contribution >= 0.6 is 0 Å². The van der Waals surface area contributed by atoms with Crippen LogP contribution in [0.3, 0.4) is 0 Å². The Kier molecular flexibility index (Phi) is 16.5. The zero-order valence-corrected chi connectivity index (χ0v) is 14.8. The highest BCUT2D eigenvalue weighted by Gasteiger charge is 1.99. The Labute approximate surface area is 146 Å². The molecule has 0 aliphatic heterocycles. The maximum atomic E-state index is 10.3. The van der Waals surface area contributed by atoms with E-state index < -0.39 is 5.97 Å². The Balaban J connectivity index is 3.79. The van der Waals surface area contributed by atoms with E-state index in [4.69, 9.17) is 10.4 Å². The smallest absolute Gasteiger partial charge is 0.303 e. The molecule has 1 atom stereocenters. The van der Waals surface area contributed by atoms with Gasteiger partial charge in [-0.05, 0) is 38.5 Å². The Hall–Kier alpha value is -1.65.